The Hall–Kier alpha value is -2.49. The second kappa shape index (κ2) is 6.67. The average molecular weight is 349 g/mol. The van der Waals surface area contributed by atoms with E-state index < -0.39 is 5.41 Å². The number of aromatic nitrogens is 2. The highest BCUT2D eigenvalue weighted by Crippen LogP contribution is 2.47. The van der Waals surface area contributed by atoms with Gasteiger partial charge in [0.25, 0.3) is 0 Å². The summed E-state index contributed by atoms with van der Waals surface area (Å²) in [6, 6.07) is 8.23. The molecule has 4 heteroatoms. The van der Waals surface area contributed by atoms with Gasteiger partial charge in [-0.2, -0.15) is 5.10 Å². The van der Waals surface area contributed by atoms with Crippen LogP contribution < -0.4 is 0 Å². The number of hydrogen-bond acceptors (Lipinski definition) is 3. The van der Waals surface area contributed by atoms with Crippen LogP contribution in [-0.2, 0) is 17.3 Å². The number of Topliss-reactive ketones (excluding diaryl/α,β-unsaturated/α-hetero) is 1. The summed E-state index contributed by atoms with van der Waals surface area (Å²) in [5.74, 6) is 0.217. The first kappa shape index (κ1) is 18.3. The van der Waals surface area contributed by atoms with Crippen molar-refractivity contribution in [2.75, 3.05) is 0 Å². The summed E-state index contributed by atoms with van der Waals surface area (Å²) in [6.07, 6.45) is 3.18. The molecule has 0 radical (unpaired) electrons. The smallest absolute Gasteiger partial charge is 0.141 e. The molecular formula is C22H27N3O. The second-order valence-corrected chi connectivity index (χ2v) is 7.50. The van der Waals surface area contributed by atoms with Crippen molar-refractivity contribution in [3.8, 4) is 0 Å². The first-order chi connectivity index (χ1) is 12.3. The zero-order valence-corrected chi connectivity index (χ0v) is 16.6. The lowest BCUT2D eigenvalue weighted by Gasteiger charge is -2.29. The molecule has 0 spiro atoms. The Kier molecular flexibility index (Phi) is 4.70. The van der Waals surface area contributed by atoms with E-state index in [1.54, 1.807) is 13.1 Å². The quantitative estimate of drug-likeness (QED) is 0.766. The molecule has 1 heterocycles. The van der Waals surface area contributed by atoms with E-state index >= 15 is 0 Å². The van der Waals surface area contributed by atoms with Crippen LogP contribution >= 0.6 is 0 Å². The van der Waals surface area contributed by atoms with E-state index in [0.717, 1.165) is 29.1 Å². The van der Waals surface area contributed by atoms with Crippen molar-refractivity contribution in [1.82, 2.24) is 9.78 Å². The van der Waals surface area contributed by atoms with E-state index in [1.807, 2.05) is 24.7 Å². The Bertz CT molecular complexity index is 933. The van der Waals surface area contributed by atoms with Gasteiger partial charge in [-0.25, -0.2) is 0 Å². The molecule has 1 aromatic heterocycles. The van der Waals surface area contributed by atoms with Crippen molar-refractivity contribution in [2.45, 2.75) is 52.9 Å². The second-order valence-electron chi connectivity index (χ2n) is 7.50. The van der Waals surface area contributed by atoms with E-state index in [0.29, 0.717) is 6.42 Å². The Balaban J connectivity index is 2.03. The molecule has 26 heavy (non-hydrogen) atoms. The number of ketones is 1. The van der Waals surface area contributed by atoms with Crippen LogP contribution in [0.4, 0.5) is 0 Å². The number of aliphatic imine (C=N–C) groups is 1. The highest BCUT2D eigenvalue weighted by Gasteiger charge is 2.44. The van der Waals surface area contributed by atoms with Crippen LogP contribution in [0.2, 0.25) is 0 Å². The summed E-state index contributed by atoms with van der Waals surface area (Å²) < 4.78 is 1.83. The minimum absolute atomic E-state index is 0.217. The molecule has 4 nitrogen and oxygen atoms in total. The van der Waals surface area contributed by atoms with Gasteiger partial charge in [-0.1, -0.05) is 23.8 Å². The number of carbonyl (C=O) groups excluding carboxylic acids is 1. The largest absolute Gasteiger partial charge is 0.299 e. The molecule has 1 aliphatic carbocycles. The van der Waals surface area contributed by atoms with Crippen molar-refractivity contribution >= 4 is 11.5 Å². The maximum absolute atomic E-state index is 12.8. The molecule has 0 amide bonds. The third-order valence-electron chi connectivity index (χ3n) is 5.82. The lowest BCUT2D eigenvalue weighted by atomic mass is 9.72. The standard InChI is InChI=1S/C22H27N3O/c1-14-8-7-9-19(16(14)3)22(18(5)26)12-15(2)20(13-22)24-17(4)21-10-11-23-25(21)6/h7-11H,12-13H2,1-6H3/t22-/m1/s1. The van der Waals surface area contributed by atoms with E-state index in [2.05, 4.69) is 44.1 Å². The topological polar surface area (TPSA) is 47.2 Å². The Morgan fingerprint density at radius 1 is 1.15 bits per heavy atom. The van der Waals surface area contributed by atoms with Crippen molar-refractivity contribution in [1.29, 1.82) is 0 Å². The molecule has 136 valence electrons. The highest BCUT2D eigenvalue weighted by molar-refractivity contribution is 5.98. The summed E-state index contributed by atoms with van der Waals surface area (Å²) >= 11 is 0. The van der Waals surface area contributed by atoms with Crippen molar-refractivity contribution in [2.24, 2.45) is 12.0 Å². The first-order valence-corrected chi connectivity index (χ1v) is 9.06. The molecule has 1 aliphatic rings. The molecule has 3 rings (SSSR count). The number of hydrogen-bond donors (Lipinski definition) is 0. The van der Waals surface area contributed by atoms with E-state index in [-0.39, 0.29) is 5.78 Å². The summed E-state index contributed by atoms with van der Waals surface area (Å²) in [5, 5.41) is 4.22. The van der Waals surface area contributed by atoms with Crippen LogP contribution in [0.1, 0.15) is 56.0 Å². The molecule has 1 atom stereocenters. The van der Waals surface area contributed by atoms with Gasteiger partial charge >= 0.3 is 0 Å². The molecule has 1 aromatic carbocycles. The molecule has 0 N–H and O–H groups in total. The molecule has 2 aromatic rings. The Morgan fingerprint density at radius 3 is 2.50 bits per heavy atom. The van der Waals surface area contributed by atoms with Gasteiger partial charge in [0.1, 0.15) is 5.78 Å². The Morgan fingerprint density at radius 2 is 1.88 bits per heavy atom. The molecule has 0 aliphatic heterocycles. The van der Waals surface area contributed by atoms with Crippen molar-refractivity contribution < 1.29 is 4.79 Å². The lowest BCUT2D eigenvalue weighted by molar-refractivity contribution is -0.122. The molecule has 0 saturated carbocycles. The van der Waals surface area contributed by atoms with Gasteiger partial charge in [0.15, 0.2) is 0 Å². The van der Waals surface area contributed by atoms with Gasteiger partial charge < -0.3 is 0 Å². The van der Waals surface area contributed by atoms with Gasteiger partial charge in [-0.15, -0.1) is 0 Å². The van der Waals surface area contributed by atoms with Crippen LogP contribution in [0.3, 0.4) is 0 Å². The summed E-state index contributed by atoms with van der Waals surface area (Å²) in [5.41, 5.74) is 7.24. The third-order valence-corrected chi connectivity index (χ3v) is 5.82. The van der Waals surface area contributed by atoms with Gasteiger partial charge in [0.2, 0.25) is 0 Å². The lowest BCUT2D eigenvalue weighted by Crippen LogP contribution is -2.33. The average Bonchev–Trinajstić information content (AvgIpc) is 3.15. The SMILES string of the molecule is CC(=O)[C@@]1(c2cccc(C)c2C)CC(C)=C(N=C(C)c2ccnn2C)C1. The van der Waals surface area contributed by atoms with Crippen molar-refractivity contribution in [3.05, 3.63) is 64.1 Å². The molecule has 0 unspecified atom stereocenters. The van der Waals surface area contributed by atoms with E-state index in [9.17, 15) is 4.79 Å². The summed E-state index contributed by atoms with van der Waals surface area (Å²) in [6.45, 7) is 10.0. The number of carbonyl (C=O) groups is 1. The van der Waals surface area contributed by atoms with E-state index in [1.165, 1.54) is 16.7 Å². The predicted molar refractivity (Wildman–Crippen MR) is 106 cm³/mol. The molecular weight excluding hydrogens is 322 g/mol. The van der Waals surface area contributed by atoms with Gasteiger partial charge in [-0.05, 0) is 63.8 Å². The number of aryl methyl sites for hydroxylation is 2. The third kappa shape index (κ3) is 2.94. The molecule has 0 fully saturated rings. The highest BCUT2D eigenvalue weighted by atomic mass is 16.1. The maximum atomic E-state index is 12.8. The van der Waals surface area contributed by atoms with Crippen LogP contribution in [0.25, 0.3) is 0 Å². The van der Waals surface area contributed by atoms with Crippen molar-refractivity contribution in [3.63, 3.8) is 0 Å². The van der Waals surface area contributed by atoms with Gasteiger partial charge in [-0.3, -0.25) is 14.5 Å². The predicted octanol–water partition coefficient (Wildman–Crippen LogP) is 4.44. The number of rotatable bonds is 4. The van der Waals surface area contributed by atoms with E-state index in [4.69, 9.17) is 4.99 Å². The zero-order chi connectivity index (χ0) is 19.1. The van der Waals surface area contributed by atoms with Crippen LogP contribution in [0, 0.1) is 13.8 Å². The number of allylic oxidation sites excluding steroid dienone is 2. The summed E-state index contributed by atoms with van der Waals surface area (Å²) in [7, 11) is 1.92. The van der Waals surface area contributed by atoms with Gasteiger partial charge in [0, 0.05) is 25.4 Å². The normalized spacial score (nSPS) is 20.8. The van der Waals surface area contributed by atoms with Gasteiger partial charge in [0.05, 0.1) is 16.8 Å². The first-order valence-electron chi connectivity index (χ1n) is 9.06. The van der Waals surface area contributed by atoms with Crippen LogP contribution in [-0.4, -0.2) is 21.3 Å². The maximum Gasteiger partial charge on any atom is 0.141 e. The fraction of sp³-hybridized carbons (Fsp3) is 0.409. The molecule has 0 bridgehead atoms. The summed E-state index contributed by atoms with van der Waals surface area (Å²) in [4.78, 5) is 17.7. The monoisotopic (exact) mass is 349 g/mol. The zero-order valence-electron chi connectivity index (χ0n) is 16.6. The minimum atomic E-state index is -0.494. The van der Waals surface area contributed by atoms with Crippen LogP contribution in [0.5, 0.6) is 0 Å². The van der Waals surface area contributed by atoms with Crippen LogP contribution in [0.15, 0.2) is 46.7 Å². The fourth-order valence-electron chi connectivity index (χ4n) is 4.08. The number of benzene rings is 1. The number of nitrogens with zero attached hydrogens (tertiary/aromatic N) is 3. The fourth-order valence-corrected chi connectivity index (χ4v) is 4.08. The Labute approximate surface area is 155 Å². The minimum Gasteiger partial charge on any atom is -0.299 e. The molecule has 0 saturated heterocycles.